The molecule has 2 aliphatic rings. The molecule has 146 valence electrons. The lowest BCUT2D eigenvalue weighted by atomic mass is 10.1. The summed E-state index contributed by atoms with van der Waals surface area (Å²) in [6.07, 6.45) is 5.01. The highest BCUT2D eigenvalue weighted by molar-refractivity contribution is 7.89. The smallest absolute Gasteiger partial charge is 0.211 e. The third-order valence-corrected chi connectivity index (χ3v) is 6.69. The van der Waals surface area contributed by atoms with Crippen molar-refractivity contribution in [3.05, 3.63) is 29.8 Å². The fourth-order valence-corrected chi connectivity index (χ4v) is 4.90. The highest BCUT2D eigenvalue weighted by Crippen LogP contribution is 2.26. The van der Waals surface area contributed by atoms with E-state index in [1.807, 2.05) is 24.3 Å². The van der Waals surface area contributed by atoms with Crippen LogP contribution in [0.3, 0.4) is 0 Å². The second-order valence-electron chi connectivity index (χ2n) is 7.12. The minimum atomic E-state index is -3.30. The molecule has 7 heteroatoms. The third-order valence-electron chi connectivity index (χ3n) is 5.31. The molecule has 2 atom stereocenters. The predicted molar refractivity (Wildman–Crippen MR) is 102 cm³/mol. The van der Waals surface area contributed by atoms with Gasteiger partial charge >= 0.3 is 0 Å². The van der Waals surface area contributed by atoms with Crippen LogP contribution in [0.1, 0.15) is 43.7 Å². The van der Waals surface area contributed by atoms with Crippen molar-refractivity contribution in [2.45, 2.75) is 44.2 Å². The van der Waals surface area contributed by atoms with Crippen LogP contribution >= 0.6 is 0 Å². The van der Waals surface area contributed by atoms with Crippen LogP contribution in [0.5, 0.6) is 5.75 Å². The van der Waals surface area contributed by atoms with E-state index in [1.165, 1.54) is 12.8 Å². The second-order valence-corrected chi connectivity index (χ2v) is 9.05. The number of methoxy groups -OCH3 is 1. The zero-order valence-electron chi connectivity index (χ0n) is 15.5. The van der Waals surface area contributed by atoms with Crippen molar-refractivity contribution >= 4 is 10.0 Å². The van der Waals surface area contributed by atoms with Gasteiger partial charge in [0.1, 0.15) is 5.75 Å². The van der Waals surface area contributed by atoms with E-state index in [1.54, 1.807) is 7.11 Å². The highest BCUT2D eigenvalue weighted by atomic mass is 32.2. The Bertz CT molecular complexity index is 651. The van der Waals surface area contributed by atoms with Crippen molar-refractivity contribution in [3.63, 3.8) is 0 Å². The molecule has 2 saturated heterocycles. The summed E-state index contributed by atoms with van der Waals surface area (Å²) in [5.74, 6) is 0.943. The Morgan fingerprint density at radius 1 is 1.23 bits per heavy atom. The minimum absolute atomic E-state index is 0.0564. The quantitative estimate of drug-likeness (QED) is 0.710. The van der Waals surface area contributed by atoms with Crippen molar-refractivity contribution in [1.82, 2.24) is 9.62 Å². The van der Waals surface area contributed by atoms with Gasteiger partial charge in [-0.3, -0.25) is 4.90 Å². The molecule has 1 N–H and O–H groups in total. The maximum Gasteiger partial charge on any atom is 0.211 e. The number of nitrogens with zero attached hydrogens (tertiary/aromatic N) is 1. The number of hydrogen-bond acceptors (Lipinski definition) is 5. The molecule has 0 saturated carbocycles. The van der Waals surface area contributed by atoms with E-state index in [-0.39, 0.29) is 17.9 Å². The Morgan fingerprint density at radius 2 is 1.96 bits per heavy atom. The number of benzene rings is 1. The fraction of sp³-hybridized carbons (Fsp3) is 0.684. The number of hydrogen-bond donors (Lipinski definition) is 1. The van der Waals surface area contributed by atoms with E-state index < -0.39 is 10.0 Å². The SMILES string of the molecule is COc1ccc([C@@H](CNS(=O)(=O)CC[C@@H]2CCCO2)N2CCCC2)cc1. The molecule has 26 heavy (non-hydrogen) atoms. The number of nitrogens with one attached hydrogen (secondary N) is 1. The van der Waals surface area contributed by atoms with Gasteiger partial charge in [0, 0.05) is 19.2 Å². The molecular weight excluding hydrogens is 352 g/mol. The molecule has 6 nitrogen and oxygen atoms in total. The first-order valence-corrected chi connectivity index (χ1v) is 11.2. The molecule has 2 heterocycles. The first-order valence-electron chi connectivity index (χ1n) is 9.54. The Morgan fingerprint density at radius 3 is 2.58 bits per heavy atom. The monoisotopic (exact) mass is 382 g/mol. The van der Waals surface area contributed by atoms with Crippen LogP contribution in [0, 0.1) is 0 Å². The van der Waals surface area contributed by atoms with Crippen LogP contribution in [0.4, 0.5) is 0 Å². The van der Waals surface area contributed by atoms with Crippen LogP contribution in [0.2, 0.25) is 0 Å². The largest absolute Gasteiger partial charge is 0.497 e. The van der Waals surface area contributed by atoms with Crippen molar-refractivity contribution in [2.75, 3.05) is 39.1 Å². The molecule has 0 bridgehead atoms. The van der Waals surface area contributed by atoms with Crippen molar-refractivity contribution < 1.29 is 17.9 Å². The maximum absolute atomic E-state index is 12.4. The van der Waals surface area contributed by atoms with E-state index in [0.717, 1.165) is 43.9 Å². The summed E-state index contributed by atoms with van der Waals surface area (Å²) in [6, 6.07) is 7.99. The first kappa shape index (κ1) is 19.6. The van der Waals surface area contributed by atoms with Gasteiger partial charge in [0.05, 0.1) is 19.0 Å². The van der Waals surface area contributed by atoms with Crippen LogP contribution in [0.25, 0.3) is 0 Å². The first-order chi connectivity index (χ1) is 12.6. The summed E-state index contributed by atoms with van der Waals surface area (Å²) in [5, 5.41) is 0. The molecule has 0 radical (unpaired) electrons. The van der Waals surface area contributed by atoms with Crippen LogP contribution in [-0.4, -0.2) is 58.5 Å². The summed E-state index contributed by atoms with van der Waals surface area (Å²) < 4.78 is 38.5. The molecule has 1 aromatic rings. The lowest BCUT2D eigenvalue weighted by molar-refractivity contribution is 0.108. The van der Waals surface area contributed by atoms with Crippen LogP contribution in [0.15, 0.2) is 24.3 Å². The van der Waals surface area contributed by atoms with E-state index in [2.05, 4.69) is 9.62 Å². The molecular formula is C19H30N2O4S. The Kier molecular flexibility index (Phi) is 6.92. The van der Waals surface area contributed by atoms with Gasteiger partial charge in [0.2, 0.25) is 10.0 Å². The average Bonchev–Trinajstić information content (AvgIpc) is 3.35. The van der Waals surface area contributed by atoms with E-state index in [9.17, 15) is 8.42 Å². The molecule has 0 aromatic heterocycles. The highest BCUT2D eigenvalue weighted by Gasteiger charge is 2.26. The number of sulfonamides is 1. The zero-order chi connectivity index (χ0) is 18.4. The third kappa shape index (κ3) is 5.42. The van der Waals surface area contributed by atoms with Gasteiger partial charge in [0.15, 0.2) is 0 Å². The Balaban J connectivity index is 1.61. The van der Waals surface area contributed by atoms with E-state index in [0.29, 0.717) is 13.0 Å². The molecule has 1 aromatic carbocycles. The predicted octanol–water partition coefficient (Wildman–Crippen LogP) is 2.32. The molecule has 3 rings (SSSR count). The lowest BCUT2D eigenvalue weighted by Gasteiger charge is -2.28. The van der Waals surface area contributed by atoms with Gasteiger partial charge in [-0.1, -0.05) is 12.1 Å². The molecule has 0 spiro atoms. The fourth-order valence-electron chi connectivity index (χ4n) is 3.77. The topological polar surface area (TPSA) is 67.9 Å². The van der Waals surface area contributed by atoms with Crippen molar-refractivity contribution in [2.24, 2.45) is 0 Å². The number of ether oxygens (including phenoxy) is 2. The van der Waals surface area contributed by atoms with Crippen molar-refractivity contribution in [3.8, 4) is 5.75 Å². The summed E-state index contributed by atoms with van der Waals surface area (Å²) in [4.78, 5) is 2.37. The van der Waals surface area contributed by atoms with Gasteiger partial charge in [-0.25, -0.2) is 13.1 Å². The van der Waals surface area contributed by atoms with Gasteiger partial charge in [-0.05, 0) is 62.9 Å². The standard InChI is InChI=1S/C19H30N2O4S/c1-24-17-8-6-16(7-9-17)19(21-11-2-3-12-21)15-20-26(22,23)14-10-18-5-4-13-25-18/h6-9,18-20H,2-5,10-15H2,1H3/t18-,19+/m0/s1. The average molecular weight is 383 g/mol. The van der Waals surface area contributed by atoms with E-state index in [4.69, 9.17) is 9.47 Å². The van der Waals surface area contributed by atoms with Crippen LogP contribution < -0.4 is 9.46 Å². The normalized spacial score (nSPS) is 22.6. The second kappa shape index (κ2) is 9.17. The number of likely N-dealkylation sites (tertiary alicyclic amines) is 1. The van der Waals surface area contributed by atoms with E-state index >= 15 is 0 Å². The zero-order valence-corrected chi connectivity index (χ0v) is 16.3. The van der Waals surface area contributed by atoms with Crippen LogP contribution in [-0.2, 0) is 14.8 Å². The molecule has 0 unspecified atom stereocenters. The summed E-state index contributed by atoms with van der Waals surface area (Å²) in [6.45, 7) is 3.18. The van der Waals surface area contributed by atoms with Gasteiger partial charge in [0.25, 0.3) is 0 Å². The Hall–Kier alpha value is -1.15. The molecule has 2 fully saturated rings. The lowest BCUT2D eigenvalue weighted by Crippen LogP contribution is -2.38. The van der Waals surface area contributed by atoms with Gasteiger partial charge < -0.3 is 9.47 Å². The number of rotatable bonds is 9. The molecule has 0 amide bonds. The summed E-state index contributed by atoms with van der Waals surface area (Å²) in [5.41, 5.74) is 1.12. The molecule has 2 aliphatic heterocycles. The van der Waals surface area contributed by atoms with Crippen molar-refractivity contribution in [1.29, 1.82) is 0 Å². The summed E-state index contributed by atoms with van der Waals surface area (Å²) >= 11 is 0. The van der Waals surface area contributed by atoms with Gasteiger partial charge in [-0.2, -0.15) is 0 Å². The Labute approximate surface area is 156 Å². The summed E-state index contributed by atoms with van der Waals surface area (Å²) in [7, 11) is -1.65. The van der Waals surface area contributed by atoms with Gasteiger partial charge in [-0.15, -0.1) is 0 Å². The minimum Gasteiger partial charge on any atom is -0.497 e. The molecule has 0 aliphatic carbocycles. The maximum atomic E-state index is 12.4.